The lowest BCUT2D eigenvalue weighted by molar-refractivity contribution is 0.435. The number of aromatic nitrogens is 2. The molecule has 0 atom stereocenters. The Hall–Kier alpha value is -1.46. The molecule has 88 valence electrons. The zero-order chi connectivity index (χ0) is 12.4. The lowest BCUT2D eigenvalue weighted by Gasteiger charge is -2.07. The first-order valence-electron chi connectivity index (χ1n) is 4.38. The zero-order valence-corrected chi connectivity index (χ0v) is 9.64. The van der Waals surface area contributed by atoms with Gasteiger partial charge in [-0.2, -0.15) is 0 Å². The molecule has 0 aliphatic heterocycles. The van der Waals surface area contributed by atoms with Crippen LogP contribution in [-0.2, 0) is 0 Å². The van der Waals surface area contributed by atoms with E-state index < -0.39 is 11.6 Å². The van der Waals surface area contributed by atoms with Crippen LogP contribution >= 0.6 is 23.2 Å². The van der Waals surface area contributed by atoms with Gasteiger partial charge in [-0.1, -0.05) is 23.2 Å². The minimum absolute atomic E-state index is 0.0391. The molecule has 1 heterocycles. The molecule has 2 aromatic rings. The van der Waals surface area contributed by atoms with Crippen LogP contribution in [0.1, 0.15) is 0 Å². The van der Waals surface area contributed by atoms with E-state index >= 15 is 0 Å². The minimum atomic E-state index is -0.853. The normalized spacial score (nSPS) is 10.4. The van der Waals surface area contributed by atoms with Gasteiger partial charge in [0.2, 0.25) is 0 Å². The third-order valence-corrected chi connectivity index (χ3v) is 2.25. The highest BCUT2D eigenvalue weighted by Crippen LogP contribution is 2.30. The molecule has 0 radical (unpaired) electrons. The van der Waals surface area contributed by atoms with E-state index in [2.05, 4.69) is 10.2 Å². The van der Waals surface area contributed by atoms with E-state index in [1.165, 1.54) is 6.07 Å². The first-order valence-corrected chi connectivity index (χ1v) is 5.13. The maximum atomic E-state index is 13.3. The summed E-state index contributed by atoms with van der Waals surface area (Å²) in [6, 6.07) is 4.16. The average Bonchev–Trinajstić information content (AvgIpc) is 2.27. The minimum Gasteiger partial charge on any atom is -0.451 e. The third kappa shape index (κ3) is 2.81. The topological polar surface area (TPSA) is 35.0 Å². The molecular formula is C10H4Cl2F2N2O. The van der Waals surface area contributed by atoms with Crippen LogP contribution in [0.5, 0.6) is 11.5 Å². The number of hydrogen-bond acceptors (Lipinski definition) is 3. The van der Waals surface area contributed by atoms with Crippen molar-refractivity contribution in [1.82, 2.24) is 10.2 Å². The van der Waals surface area contributed by atoms with E-state index in [1.807, 2.05) is 0 Å². The summed E-state index contributed by atoms with van der Waals surface area (Å²) in [4.78, 5) is 0. The number of nitrogens with zero attached hydrogens (tertiary/aromatic N) is 2. The Balaban J connectivity index is 2.34. The molecule has 7 heteroatoms. The van der Waals surface area contributed by atoms with E-state index in [9.17, 15) is 8.78 Å². The van der Waals surface area contributed by atoms with Gasteiger partial charge in [-0.05, 0) is 12.1 Å². The zero-order valence-electron chi connectivity index (χ0n) is 8.12. The van der Waals surface area contributed by atoms with Gasteiger partial charge in [-0.15, -0.1) is 10.2 Å². The van der Waals surface area contributed by atoms with Gasteiger partial charge in [0, 0.05) is 12.1 Å². The molecule has 0 aliphatic rings. The highest BCUT2D eigenvalue weighted by molar-refractivity contribution is 6.32. The molecule has 0 saturated carbocycles. The van der Waals surface area contributed by atoms with Crippen LogP contribution in [0.25, 0.3) is 0 Å². The molecule has 1 aromatic heterocycles. The molecule has 0 saturated heterocycles. The van der Waals surface area contributed by atoms with Crippen molar-refractivity contribution in [3.63, 3.8) is 0 Å². The summed E-state index contributed by atoms with van der Waals surface area (Å²) in [5.41, 5.74) is 0. The summed E-state index contributed by atoms with van der Waals surface area (Å²) in [7, 11) is 0. The molecule has 0 amide bonds. The Morgan fingerprint density at radius 3 is 2.47 bits per heavy atom. The van der Waals surface area contributed by atoms with Crippen molar-refractivity contribution in [2.75, 3.05) is 0 Å². The third-order valence-electron chi connectivity index (χ3n) is 1.80. The number of rotatable bonds is 2. The molecule has 0 unspecified atom stereocenters. The Labute approximate surface area is 105 Å². The van der Waals surface area contributed by atoms with Crippen LogP contribution in [0.2, 0.25) is 10.3 Å². The number of ether oxygens (including phenoxy) is 1. The first kappa shape index (κ1) is 12.0. The molecule has 0 aliphatic carbocycles. The van der Waals surface area contributed by atoms with Crippen molar-refractivity contribution in [3.05, 3.63) is 46.2 Å². The lowest BCUT2D eigenvalue weighted by atomic mass is 10.3. The summed E-state index contributed by atoms with van der Waals surface area (Å²) in [6.45, 7) is 0. The van der Waals surface area contributed by atoms with Crippen LogP contribution in [0.3, 0.4) is 0 Å². The summed E-state index contributed by atoms with van der Waals surface area (Å²) in [5, 5.41) is 6.93. The van der Waals surface area contributed by atoms with Crippen molar-refractivity contribution in [1.29, 1.82) is 0 Å². The van der Waals surface area contributed by atoms with E-state index in [0.717, 1.165) is 12.1 Å². The van der Waals surface area contributed by atoms with E-state index in [1.54, 1.807) is 0 Å². The first-order chi connectivity index (χ1) is 8.06. The second kappa shape index (κ2) is 4.81. The van der Waals surface area contributed by atoms with Crippen molar-refractivity contribution in [2.24, 2.45) is 0 Å². The predicted molar refractivity (Wildman–Crippen MR) is 58.5 cm³/mol. The van der Waals surface area contributed by atoms with Crippen molar-refractivity contribution in [2.45, 2.75) is 0 Å². The number of benzene rings is 1. The SMILES string of the molecule is Fc1ccc(Oc2cc(Cl)nnc2Cl)c(F)c1. The Morgan fingerprint density at radius 2 is 1.76 bits per heavy atom. The number of hydrogen-bond donors (Lipinski definition) is 0. The molecule has 0 fully saturated rings. The van der Waals surface area contributed by atoms with Crippen molar-refractivity contribution in [3.8, 4) is 11.5 Å². The van der Waals surface area contributed by atoms with Gasteiger partial charge >= 0.3 is 0 Å². The maximum Gasteiger partial charge on any atom is 0.194 e. The lowest BCUT2D eigenvalue weighted by Crippen LogP contribution is -1.93. The number of halogens is 4. The van der Waals surface area contributed by atoms with Gasteiger partial charge in [-0.25, -0.2) is 8.78 Å². The molecule has 17 heavy (non-hydrogen) atoms. The summed E-state index contributed by atoms with van der Waals surface area (Å²) in [5.74, 6) is -1.70. The van der Waals surface area contributed by atoms with Gasteiger partial charge < -0.3 is 4.74 Å². The van der Waals surface area contributed by atoms with E-state index in [0.29, 0.717) is 6.07 Å². The summed E-state index contributed by atoms with van der Waals surface area (Å²) >= 11 is 11.3. The van der Waals surface area contributed by atoms with Gasteiger partial charge in [0.15, 0.2) is 27.6 Å². The monoisotopic (exact) mass is 276 g/mol. The Bertz CT molecular complexity index is 566. The van der Waals surface area contributed by atoms with Gasteiger partial charge in [0.25, 0.3) is 0 Å². The maximum absolute atomic E-state index is 13.3. The molecule has 0 bridgehead atoms. The summed E-state index contributed by atoms with van der Waals surface area (Å²) < 4.78 is 31.1. The molecule has 2 rings (SSSR count). The van der Waals surface area contributed by atoms with Crippen LogP contribution in [0.15, 0.2) is 24.3 Å². The second-order valence-electron chi connectivity index (χ2n) is 3.00. The Kier molecular flexibility index (Phi) is 3.40. The molecule has 0 N–H and O–H groups in total. The van der Waals surface area contributed by atoms with Crippen molar-refractivity contribution < 1.29 is 13.5 Å². The quantitative estimate of drug-likeness (QED) is 0.836. The van der Waals surface area contributed by atoms with Crippen LogP contribution < -0.4 is 4.74 Å². The smallest absolute Gasteiger partial charge is 0.194 e. The fraction of sp³-hybridized carbons (Fsp3) is 0. The molecular weight excluding hydrogens is 273 g/mol. The average molecular weight is 277 g/mol. The van der Waals surface area contributed by atoms with Crippen LogP contribution in [-0.4, -0.2) is 10.2 Å². The largest absolute Gasteiger partial charge is 0.451 e. The van der Waals surface area contributed by atoms with Gasteiger partial charge in [0.1, 0.15) is 5.82 Å². The van der Waals surface area contributed by atoms with Crippen LogP contribution in [0, 0.1) is 11.6 Å². The predicted octanol–water partition coefficient (Wildman–Crippen LogP) is 3.85. The molecule has 1 aromatic carbocycles. The fourth-order valence-electron chi connectivity index (χ4n) is 1.09. The highest BCUT2D eigenvalue weighted by Gasteiger charge is 2.10. The van der Waals surface area contributed by atoms with E-state index in [4.69, 9.17) is 27.9 Å². The standard InChI is InChI=1S/C10H4Cl2F2N2O/c11-9-4-8(10(12)16-15-9)17-7-2-1-5(13)3-6(7)14/h1-4H. The van der Waals surface area contributed by atoms with Gasteiger partial charge in [0.05, 0.1) is 0 Å². The highest BCUT2D eigenvalue weighted by atomic mass is 35.5. The summed E-state index contributed by atoms with van der Waals surface area (Å²) in [6.07, 6.45) is 0. The van der Waals surface area contributed by atoms with Crippen LogP contribution in [0.4, 0.5) is 8.78 Å². The molecule has 3 nitrogen and oxygen atoms in total. The van der Waals surface area contributed by atoms with Crippen molar-refractivity contribution >= 4 is 23.2 Å². The van der Waals surface area contributed by atoms with Gasteiger partial charge in [-0.3, -0.25) is 0 Å². The Morgan fingerprint density at radius 1 is 1.00 bits per heavy atom. The molecule has 0 spiro atoms. The fourth-order valence-corrected chi connectivity index (χ4v) is 1.35. The second-order valence-corrected chi connectivity index (χ2v) is 3.74. The van der Waals surface area contributed by atoms with E-state index in [-0.39, 0.29) is 21.8 Å².